The summed E-state index contributed by atoms with van der Waals surface area (Å²) in [5.74, 6) is 0. The van der Waals surface area contributed by atoms with Gasteiger partial charge in [0.1, 0.15) is 6.23 Å². The molecule has 2 N–H and O–H groups in total. The van der Waals surface area contributed by atoms with Gasteiger partial charge in [0.15, 0.2) is 0 Å². The third-order valence-corrected chi connectivity index (χ3v) is 1.17. The van der Waals surface area contributed by atoms with Crippen LogP contribution in [0.2, 0.25) is 0 Å². The maximum Gasteiger partial charge on any atom is 0.487 e. The van der Waals surface area contributed by atoms with Crippen molar-refractivity contribution in [1.82, 2.24) is 0 Å². The molecule has 11 heavy (non-hydrogen) atoms. The van der Waals surface area contributed by atoms with Gasteiger partial charge >= 0.3 is 6.29 Å². The molecule has 1 unspecified atom stereocenters. The molecule has 0 saturated carbocycles. The van der Waals surface area contributed by atoms with E-state index in [1.54, 1.807) is 6.08 Å². The van der Waals surface area contributed by atoms with Crippen molar-refractivity contribution in [3.63, 3.8) is 0 Å². The summed E-state index contributed by atoms with van der Waals surface area (Å²) in [6.45, 7) is -0.153. The van der Waals surface area contributed by atoms with Crippen molar-refractivity contribution in [2.45, 2.75) is 18.9 Å². The van der Waals surface area contributed by atoms with E-state index in [0.717, 1.165) is 0 Å². The fourth-order valence-corrected chi connectivity index (χ4v) is 0.702. The molecule has 0 saturated heterocycles. The quantitative estimate of drug-likeness (QED) is 0.540. The van der Waals surface area contributed by atoms with Crippen LogP contribution in [0.15, 0.2) is 12.2 Å². The summed E-state index contributed by atoms with van der Waals surface area (Å²) in [5.41, 5.74) is 5.15. The third-order valence-electron chi connectivity index (χ3n) is 1.17. The van der Waals surface area contributed by atoms with Gasteiger partial charge in [-0.05, 0) is 0 Å². The van der Waals surface area contributed by atoms with Gasteiger partial charge in [-0.3, -0.25) is 9.47 Å². The molecule has 0 bridgehead atoms. The Bertz CT molecular complexity index is 161. The average Bonchev–Trinajstić information content (AvgIpc) is 1.82. The van der Waals surface area contributed by atoms with Crippen molar-refractivity contribution in [3.05, 3.63) is 12.2 Å². The maximum atomic E-state index is 12.3. The molecule has 1 atom stereocenters. The van der Waals surface area contributed by atoms with Crippen molar-refractivity contribution >= 4 is 0 Å². The van der Waals surface area contributed by atoms with Gasteiger partial charge in [0, 0.05) is 6.42 Å². The summed E-state index contributed by atoms with van der Waals surface area (Å²) in [5, 5.41) is 0. The molecule has 1 aliphatic heterocycles. The van der Waals surface area contributed by atoms with Gasteiger partial charge in [-0.1, -0.05) is 12.2 Å². The zero-order chi connectivity index (χ0) is 8.32. The van der Waals surface area contributed by atoms with Gasteiger partial charge < -0.3 is 5.73 Å². The molecule has 1 rings (SSSR count). The average molecular weight is 165 g/mol. The largest absolute Gasteiger partial charge is 0.487 e. The molecule has 0 amide bonds. The second-order valence-corrected chi connectivity index (χ2v) is 2.14. The van der Waals surface area contributed by atoms with Crippen LogP contribution >= 0.6 is 0 Å². The van der Waals surface area contributed by atoms with Crippen molar-refractivity contribution in [3.8, 4) is 0 Å². The van der Waals surface area contributed by atoms with Crippen LogP contribution in [0, 0.1) is 0 Å². The smallest absolute Gasteiger partial charge is 0.306 e. The summed E-state index contributed by atoms with van der Waals surface area (Å²) in [6.07, 6.45) is -1.15. The lowest BCUT2D eigenvalue weighted by Crippen LogP contribution is -2.36. The van der Waals surface area contributed by atoms with E-state index in [-0.39, 0.29) is 13.0 Å². The zero-order valence-corrected chi connectivity index (χ0v) is 5.80. The van der Waals surface area contributed by atoms with Gasteiger partial charge in [0.25, 0.3) is 0 Å². The molecule has 5 heteroatoms. The van der Waals surface area contributed by atoms with E-state index in [2.05, 4.69) is 9.47 Å². The van der Waals surface area contributed by atoms with Crippen molar-refractivity contribution in [1.29, 1.82) is 0 Å². The first-order valence-electron chi connectivity index (χ1n) is 3.20. The van der Waals surface area contributed by atoms with E-state index in [1.807, 2.05) is 0 Å². The first kappa shape index (κ1) is 8.58. The predicted octanol–water partition coefficient (Wildman–Crippen LogP) is 0.815. The molecule has 3 nitrogen and oxygen atoms in total. The van der Waals surface area contributed by atoms with E-state index in [4.69, 9.17) is 5.73 Å². The number of rotatable bonds is 0. The van der Waals surface area contributed by atoms with E-state index >= 15 is 0 Å². The first-order chi connectivity index (χ1) is 5.10. The Morgan fingerprint density at radius 2 is 2.18 bits per heavy atom. The Morgan fingerprint density at radius 3 is 2.91 bits per heavy atom. The summed E-state index contributed by atoms with van der Waals surface area (Å²) >= 11 is 0. The highest BCUT2D eigenvalue weighted by atomic mass is 19.3. The Hall–Kier alpha value is -0.520. The number of alkyl halides is 2. The van der Waals surface area contributed by atoms with Crippen molar-refractivity contribution in [2.75, 3.05) is 6.61 Å². The number of hydrogen-bond donors (Lipinski definition) is 1. The van der Waals surface area contributed by atoms with Gasteiger partial charge in [-0.15, -0.1) is 8.78 Å². The topological polar surface area (TPSA) is 44.5 Å². The Morgan fingerprint density at radius 1 is 1.45 bits per heavy atom. The van der Waals surface area contributed by atoms with Crippen LogP contribution in [-0.2, 0) is 9.47 Å². The number of nitrogens with two attached hydrogens (primary N) is 1. The highest BCUT2D eigenvalue weighted by Gasteiger charge is 2.34. The fourth-order valence-electron chi connectivity index (χ4n) is 0.702. The minimum atomic E-state index is -3.55. The third kappa shape index (κ3) is 2.92. The highest BCUT2D eigenvalue weighted by Crippen LogP contribution is 2.20. The van der Waals surface area contributed by atoms with Crippen LogP contribution in [0.4, 0.5) is 8.78 Å². The normalized spacial score (nSPS) is 31.0. The molecular weight excluding hydrogens is 156 g/mol. The Kier molecular flexibility index (Phi) is 2.53. The zero-order valence-electron chi connectivity index (χ0n) is 5.80. The standard InChI is InChI=1S/C6H9F2NO2/c7-6(8)10-4-2-1-3-5(9)11-6/h1-2,5H,3-4,9H2. The minimum Gasteiger partial charge on any atom is -0.306 e. The highest BCUT2D eigenvalue weighted by molar-refractivity contribution is 4.84. The number of ether oxygens (including phenoxy) is 2. The van der Waals surface area contributed by atoms with Gasteiger partial charge in [-0.25, -0.2) is 0 Å². The first-order valence-corrected chi connectivity index (χ1v) is 3.20. The predicted molar refractivity (Wildman–Crippen MR) is 33.7 cm³/mol. The van der Waals surface area contributed by atoms with E-state index in [0.29, 0.717) is 0 Å². The molecule has 0 radical (unpaired) electrons. The van der Waals surface area contributed by atoms with Crippen molar-refractivity contribution < 1.29 is 18.3 Å². The number of hydrogen-bond acceptors (Lipinski definition) is 3. The van der Waals surface area contributed by atoms with E-state index < -0.39 is 12.5 Å². The molecule has 1 aliphatic rings. The molecular formula is C6H9F2NO2. The molecule has 0 fully saturated rings. The molecule has 64 valence electrons. The van der Waals surface area contributed by atoms with Crippen LogP contribution in [0.3, 0.4) is 0 Å². The second-order valence-electron chi connectivity index (χ2n) is 2.14. The maximum absolute atomic E-state index is 12.3. The van der Waals surface area contributed by atoms with Crippen LogP contribution in [0.1, 0.15) is 6.42 Å². The minimum absolute atomic E-state index is 0.153. The fraction of sp³-hybridized carbons (Fsp3) is 0.667. The van der Waals surface area contributed by atoms with Gasteiger partial charge in [0.05, 0.1) is 6.61 Å². The Balaban J connectivity index is 2.54. The monoisotopic (exact) mass is 165 g/mol. The molecule has 1 heterocycles. The summed E-state index contributed by atoms with van der Waals surface area (Å²) in [4.78, 5) is 0. The lowest BCUT2D eigenvalue weighted by molar-refractivity contribution is -0.403. The molecule has 0 aromatic rings. The summed E-state index contributed by atoms with van der Waals surface area (Å²) < 4.78 is 32.7. The molecule has 0 spiro atoms. The van der Waals surface area contributed by atoms with Crippen LogP contribution in [0.25, 0.3) is 0 Å². The molecule has 0 aliphatic carbocycles. The summed E-state index contributed by atoms with van der Waals surface area (Å²) in [7, 11) is 0. The molecule has 0 aromatic heterocycles. The van der Waals surface area contributed by atoms with Gasteiger partial charge in [-0.2, -0.15) is 0 Å². The SMILES string of the molecule is NC1CC=CCOC(F)(F)O1. The Labute approximate surface area is 62.8 Å². The molecule has 0 aromatic carbocycles. The summed E-state index contributed by atoms with van der Waals surface area (Å²) in [6, 6.07) is 0. The van der Waals surface area contributed by atoms with Crippen LogP contribution in [0.5, 0.6) is 0 Å². The second kappa shape index (κ2) is 3.25. The van der Waals surface area contributed by atoms with Gasteiger partial charge in [0.2, 0.25) is 0 Å². The number of halogens is 2. The lowest BCUT2D eigenvalue weighted by Gasteiger charge is -2.21. The van der Waals surface area contributed by atoms with E-state index in [1.165, 1.54) is 6.08 Å². The van der Waals surface area contributed by atoms with E-state index in [9.17, 15) is 8.78 Å². The van der Waals surface area contributed by atoms with Crippen LogP contribution in [-0.4, -0.2) is 19.1 Å². The lowest BCUT2D eigenvalue weighted by atomic mass is 10.3. The van der Waals surface area contributed by atoms with Crippen LogP contribution < -0.4 is 5.73 Å². The van der Waals surface area contributed by atoms with Crippen molar-refractivity contribution in [2.24, 2.45) is 5.73 Å².